The monoisotopic (exact) mass is 334 g/mol. The van der Waals surface area contributed by atoms with Crippen molar-refractivity contribution >= 4 is 22.6 Å². The second kappa shape index (κ2) is 7.79. The number of hydrogen-bond acceptors (Lipinski definition) is 2. The number of H-pyrrole nitrogens is 1. The Labute approximate surface area is 147 Å². The van der Waals surface area contributed by atoms with Gasteiger partial charge in [0.2, 0.25) is 0 Å². The molecule has 1 amide bonds. The number of fused-ring (bicyclic) bond motifs is 1. The first kappa shape index (κ1) is 17.0. The lowest BCUT2D eigenvalue weighted by molar-refractivity contribution is -0.117. The van der Waals surface area contributed by atoms with Gasteiger partial charge in [-0.05, 0) is 37.8 Å². The number of nitrogens with one attached hydrogen (secondary N) is 2. The maximum absolute atomic E-state index is 12.5. The van der Waals surface area contributed by atoms with Crippen LogP contribution < -0.4 is 5.32 Å². The van der Waals surface area contributed by atoms with E-state index in [1.807, 2.05) is 49.4 Å². The highest BCUT2D eigenvalue weighted by atomic mass is 16.2. The Hall–Kier alpha value is -2.88. The molecule has 0 saturated carbocycles. The van der Waals surface area contributed by atoms with Gasteiger partial charge in [-0.25, -0.2) is 0 Å². The topological polar surface area (TPSA) is 62.0 Å². The van der Waals surface area contributed by atoms with E-state index in [0.717, 1.165) is 35.9 Å². The average Bonchev–Trinajstić information content (AvgIpc) is 2.97. The van der Waals surface area contributed by atoms with Gasteiger partial charge in [0.15, 0.2) is 0 Å². The van der Waals surface area contributed by atoms with Gasteiger partial charge in [0.1, 0.15) is 0 Å². The largest absolute Gasteiger partial charge is 0.358 e. The zero-order valence-corrected chi connectivity index (χ0v) is 14.3. The summed E-state index contributed by atoms with van der Waals surface area (Å²) in [6, 6.07) is 17.8. The molecule has 2 aromatic carbocycles. The summed E-state index contributed by atoms with van der Waals surface area (Å²) >= 11 is 0. The van der Waals surface area contributed by atoms with Crippen LogP contribution in [0.1, 0.15) is 34.5 Å². The molecule has 0 fully saturated rings. The highest BCUT2D eigenvalue weighted by Crippen LogP contribution is 2.22. The summed E-state index contributed by atoms with van der Waals surface area (Å²) in [5.41, 5.74) is 3.36. The molecule has 128 valence electrons. The van der Waals surface area contributed by atoms with Crippen molar-refractivity contribution in [3.8, 4) is 0 Å². The molecule has 0 spiro atoms. The van der Waals surface area contributed by atoms with Gasteiger partial charge in [0.05, 0.1) is 5.56 Å². The molecule has 3 aromatic rings. The summed E-state index contributed by atoms with van der Waals surface area (Å²) in [4.78, 5) is 27.8. The van der Waals surface area contributed by atoms with E-state index in [1.54, 1.807) is 0 Å². The Morgan fingerprint density at radius 1 is 0.960 bits per heavy atom. The fourth-order valence-electron chi connectivity index (χ4n) is 3.06. The maximum atomic E-state index is 12.5. The van der Waals surface area contributed by atoms with Gasteiger partial charge < -0.3 is 10.3 Å². The molecule has 0 radical (unpaired) electrons. The predicted molar refractivity (Wildman–Crippen MR) is 99.8 cm³/mol. The number of carbonyl (C=O) groups excluding carboxylic acids is 2. The van der Waals surface area contributed by atoms with Crippen LogP contribution in [0.5, 0.6) is 0 Å². The van der Waals surface area contributed by atoms with Gasteiger partial charge in [-0.3, -0.25) is 9.59 Å². The zero-order chi connectivity index (χ0) is 17.6. The third-order valence-electron chi connectivity index (χ3n) is 4.35. The van der Waals surface area contributed by atoms with Crippen molar-refractivity contribution in [1.29, 1.82) is 0 Å². The number of aromatic nitrogens is 1. The van der Waals surface area contributed by atoms with E-state index in [0.29, 0.717) is 12.1 Å². The lowest BCUT2D eigenvalue weighted by atomic mass is 10.1. The van der Waals surface area contributed by atoms with Crippen molar-refractivity contribution < 1.29 is 9.59 Å². The van der Waals surface area contributed by atoms with Gasteiger partial charge in [-0.2, -0.15) is 0 Å². The number of para-hydroxylation sites is 1. The molecule has 0 unspecified atom stereocenters. The van der Waals surface area contributed by atoms with E-state index in [1.165, 1.54) is 5.56 Å². The molecule has 0 aliphatic rings. The quantitative estimate of drug-likeness (QED) is 0.392. The molecule has 0 aliphatic heterocycles. The molecule has 25 heavy (non-hydrogen) atoms. The predicted octanol–water partition coefficient (Wildman–Crippen LogP) is 3.80. The van der Waals surface area contributed by atoms with Crippen molar-refractivity contribution in [1.82, 2.24) is 10.3 Å². The minimum atomic E-state index is -0.535. The highest BCUT2D eigenvalue weighted by molar-refractivity contribution is 6.45. The van der Waals surface area contributed by atoms with Crippen LogP contribution in [0.2, 0.25) is 0 Å². The van der Waals surface area contributed by atoms with Crippen molar-refractivity contribution in [3.05, 3.63) is 71.4 Å². The molecular formula is C21H22N2O2. The smallest absolute Gasteiger partial charge is 0.292 e. The van der Waals surface area contributed by atoms with Gasteiger partial charge in [-0.1, -0.05) is 48.5 Å². The first-order valence-electron chi connectivity index (χ1n) is 8.60. The van der Waals surface area contributed by atoms with Crippen LogP contribution in [0.25, 0.3) is 10.9 Å². The molecule has 1 aromatic heterocycles. The van der Waals surface area contributed by atoms with Gasteiger partial charge in [0, 0.05) is 23.1 Å². The van der Waals surface area contributed by atoms with Crippen LogP contribution >= 0.6 is 0 Å². The number of aromatic amines is 1. The van der Waals surface area contributed by atoms with Crippen LogP contribution in [0.3, 0.4) is 0 Å². The van der Waals surface area contributed by atoms with Crippen LogP contribution in [0.15, 0.2) is 54.6 Å². The van der Waals surface area contributed by atoms with Crippen molar-refractivity contribution in [2.45, 2.75) is 26.2 Å². The van der Waals surface area contributed by atoms with Crippen molar-refractivity contribution in [2.75, 3.05) is 6.54 Å². The van der Waals surface area contributed by atoms with Crippen LogP contribution in [0.4, 0.5) is 0 Å². The molecule has 2 N–H and O–H groups in total. The number of rotatable bonds is 7. The summed E-state index contributed by atoms with van der Waals surface area (Å²) in [7, 11) is 0. The molecular weight excluding hydrogens is 312 g/mol. The molecule has 4 nitrogen and oxygen atoms in total. The average molecular weight is 334 g/mol. The number of ketones is 1. The number of benzene rings is 2. The number of Topliss-reactive ketones (excluding diaryl/α,β-unsaturated/α-hetero) is 1. The van der Waals surface area contributed by atoms with Gasteiger partial charge >= 0.3 is 0 Å². The van der Waals surface area contributed by atoms with E-state index < -0.39 is 11.7 Å². The first-order valence-corrected chi connectivity index (χ1v) is 8.60. The summed E-state index contributed by atoms with van der Waals surface area (Å²) in [5.74, 6) is -1.01. The van der Waals surface area contributed by atoms with E-state index in [2.05, 4.69) is 22.4 Å². The van der Waals surface area contributed by atoms with Crippen molar-refractivity contribution in [3.63, 3.8) is 0 Å². The first-order chi connectivity index (χ1) is 12.2. The summed E-state index contributed by atoms with van der Waals surface area (Å²) in [6.45, 7) is 2.33. The standard InChI is InChI=1S/C21H22N2O2/c1-15-19(17-12-5-6-13-18(17)23-15)20(24)21(25)22-14-8-7-11-16-9-3-2-4-10-16/h2-6,9-10,12-13,23H,7-8,11,14H2,1H3,(H,22,25). The molecule has 3 rings (SSSR count). The zero-order valence-electron chi connectivity index (χ0n) is 14.3. The highest BCUT2D eigenvalue weighted by Gasteiger charge is 2.21. The fourth-order valence-corrected chi connectivity index (χ4v) is 3.06. The molecule has 0 bridgehead atoms. The Kier molecular flexibility index (Phi) is 5.29. The molecule has 0 saturated heterocycles. The number of aryl methyl sites for hydroxylation is 2. The third kappa shape index (κ3) is 3.97. The summed E-state index contributed by atoms with van der Waals surface area (Å²) in [6.07, 6.45) is 2.80. The van der Waals surface area contributed by atoms with E-state index in [9.17, 15) is 9.59 Å². The molecule has 4 heteroatoms. The lowest BCUT2D eigenvalue weighted by Gasteiger charge is -2.05. The lowest BCUT2D eigenvalue weighted by Crippen LogP contribution is -2.32. The van der Waals surface area contributed by atoms with Gasteiger partial charge in [-0.15, -0.1) is 0 Å². The molecule has 0 aliphatic carbocycles. The Morgan fingerprint density at radius 3 is 2.48 bits per heavy atom. The SMILES string of the molecule is Cc1[nH]c2ccccc2c1C(=O)C(=O)NCCCCc1ccccc1. The van der Waals surface area contributed by atoms with E-state index >= 15 is 0 Å². The van der Waals surface area contributed by atoms with Crippen LogP contribution in [0, 0.1) is 6.92 Å². The minimum absolute atomic E-state index is 0.470. The summed E-state index contributed by atoms with van der Waals surface area (Å²) < 4.78 is 0. The maximum Gasteiger partial charge on any atom is 0.292 e. The number of hydrogen-bond donors (Lipinski definition) is 2. The Morgan fingerprint density at radius 2 is 1.68 bits per heavy atom. The molecule has 1 heterocycles. The summed E-state index contributed by atoms with van der Waals surface area (Å²) in [5, 5.41) is 3.54. The van der Waals surface area contributed by atoms with Crippen LogP contribution in [-0.4, -0.2) is 23.2 Å². The normalized spacial score (nSPS) is 10.8. The number of carbonyl (C=O) groups is 2. The van der Waals surface area contributed by atoms with Crippen molar-refractivity contribution in [2.24, 2.45) is 0 Å². The minimum Gasteiger partial charge on any atom is -0.358 e. The Bertz CT molecular complexity index is 881. The number of amides is 1. The van der Waals surface area contributed by atoms with E-state index in [4.69, 9.17) is 0 Å². The van der Waals surface area contributed by atoms with Gasteiger partial charge in [0.25, 0.3) is 11.7 Å². The second-order valence-electron chi connectivity index (χ2n) is 6.20. The van der Waals surface area contributed by atoms with E-state index in [-0.39, 0.29) is 0 Å². The fraction of sp³-hybridized carbons (Fsp3) is 0.238. The third-order valence-corrected chi connectivity index (χ3v) is 4.35. The second-order valence-corrected chi connectivity index (χ2v) is 6.20. The van der Waals surface area contributed by atoms with Crippen LogP contribution in [-0.2, 0) is 11.2 Å². The Balaban J connectivity index is 1.52. The molecule has 0 atom stereocenters. The number of unbranched alkanes of at least 4 members (excludes halogenated alkanes) is 1.